The molecular weight excluding hydrogens is 512 g/mol. The summed E-state index contributed by atoms with van der Waals surface area (Å²) in [5.74, 6) is 0.775. The Morgan fingerprint density at radius 1 is 0.897 bits per heavy atom. The largest absolute Gasteiger partial charge is 0.495 e. The Bertz CT molecular complexity index is 1400. The SMILES string of the molecule is COc1ccccc1N1CCN(c2ccc(NC(=O)C3CCC3)cc2S(=O)(=O)N[C@@H](C)c2ccccc2)CC1. The molecule has 2 fully saturated rings. The minimum Gasteiger partial charge on any atom is -0.495 e. The topological polar surface area (TPSA) is 91.0 Å². The van der Waals surface area contributed by atoms with Crippen molar-refractivity contribution in [1.29, 1.82) is 0 Å². The molecule has 1 heterocycles. The number of sulfonamides is 1. The Balaban J connectivity index is 1.41. The van der Waals surface area contributed by atoms with E-state index in [1.807, 2.05) is 67.6 Å². The van der Waals surface area contributed by atoms with E-state index >= 15 is 0 Å². The highest BCUT2D eigenvalue weighted by atomic mass is 32.2. The van der Waals surface area contributed by atoms with Crippen molar-refractivity contribution in [3.63, 3.8) is 0 Å². The lowest BCUT2D eigenvalue weighted by molar-refractivity contribution is -0.122. The fourth-order valence-electron chi connectivity index (χ4n) is 5.17. The first-order chi connectivity index (χ1) is 18.9. The van der Waals surface area contributed by atoms with E-state index in [4.69, 9.17) is 4.74 Å². The van der Waals surface area contributed by atoms with E-state index in [2.05, 4.69) is 19.8 Å². The molecule has 3 aromatic rings. The van der Waals surface area contributed by atoms with E-state index < -0.39 is 16.1 Å². The third-order valence-corrected chi connectivity index (χ3v) is 9.24. The maximum atomic E-state index is 13.8. The number of amides is 1. The Morgan fingerprint density at radius 3 is 2.18 bits per heavy atom. The lowest BCUT2D eigenvalue weighted by Crippen LogP contribution is -2.47. The van der Waals surface area contributed by atoms with Gasteiger partial charge in [-0.2, -0.15) is 0 Å². The van der Waals surface area contributed by atoms with E-state index in [9.17, 15) is 13.2 Å². The Hall–Kier alpha value is -3.56. The highest BCUT2D eigenvalue weighted by molar-refractivity contribution is 7.89. The van der Waals surface area contributed by atoms with Gasteiger partial charge in [-0.15, -0.1) is 0 Å². The molecule has 3 aromatic carbocycles. The molecule has 1 saturated heterocycles. The van der Waals surface area contributed by atoms with E-state index in [1.54, 1.807) is 19.2 Å². The molecule has 0 spiro atoms. The normalized spacial score (nSPS) is 16.9. The molecule has 2 N–H and O–H groups in total. The number of carbonyl (C=O) groups is 1. The maximum Gasteiger partial charge on any atom is 0.243 e. The van der Waals surface area contributed by atoms with Gasteiger partial charge in [0.25, 0.3) is 0 Å². The van der Waals surface area contributed by atoms with Gasteiger partial charge < -0.3 is 19.9 Å². The van der Waals surface area contributed by atoms with Crippen LogP contribution in [0, 0.1) is 5.92 Å². The molecule has 206 valence electrons. The molecule has 2 aliphatic rings. The number of benzene rings is 3. The van der Waals surface area contributed by atoms with Crippen LogP contribution in [0.25, 0.3) is 0 Å². The number of methoxy groups -OCH3 is 1. The van der Waals surface area contributed by atoms with Crippen molar-refractivity contribution in [2.75, 3.05) is 48.4 Å². The van der Waals surface area contributed by atoms with Crippen molar-refractivity contribution in [1.82, 2.24) is 4.72 Å². The van der Waals surface area contributed by atoms with Crippen LogP contribution < -0.4 is 24.6 Å². The number of hydrogen-bond donors (Lipinski definition) is 2. The number of hydrogen-bond acceptors (Lipinski definition) is 6. The molecule has 0 unspecified atom stereocenters. The first-order valence-electron chi connectivity index (χ1n) is 13.5. The van der Waals surface area contributed by atoms with Crippen LogP contribution in [-0.4, -0.2) is 47.6 Å². The average Bonchev–Trinajstić information content (AvgIpc) is 2.92. The molecule has 9 heteroatoms. The number of para-hydroxylation sites is 2. The van der Waals surface area contributed by atoms with Crippen LogP contribution in [-0.2, 0) is 14.8 Å². The summed E-state index contributed by atoms with van der Waals surface area (Å²) in [4.78, 5) is 17.2. The molecule has 1 aliphatic carbocycles. The van der Waals surface area contributed by atoms with Crippen LogP contribution in [0.15, 0.2) is 77.7 Å². The van der Waals surface area contributed by atoms with Gasteiger partial charge in [-0.05, 0) is 55.7 Å². The molecule has 0 aromatic heterocycles. The molecular formula is C30H36N4O4S. The van der Waals surface area contributed by atoms with Crippen LogP contribution in [0.1, 0.15) is 37.8 Å². The van der Waals surface area contributed by atoms with Crippen molar-refractivity contribution in [2.24, 2.45) is 5.92 Å². The van der Waals surface area contributed by atoms with Gasteiger partial charge in [-0.25, -0.2) is 13.1 Å². The molecule has 1 atom stereocenters. The minimum absolute atomic E-state index is 0.00372. The first kappa shape index (κ1) is 27.0. The number of nitrogens with zero attached hydrogens (tertiary/aromatic N) is 2. The Morgan fingerprint density at radius 2 is 1.54 bits per heavy atom. The van der Waals surface area contributed by atoms with Gasteiger partial charge in [0.1, 0.15) is 10.6 Å². The zero-order valence-electron chi connectivity index (χ0n) is 22.5. The van der Waals surface area contributed by atoms with Crippen LogP contribution in [0.4, 0.5) is 17.1 Å². The molecule has 8 nitrogen and oxygen atoms in total. The van der Waals surface area contributed by atoms with Crippen LogP contribution >= 0.6 is 0 Å². The van der Waals surface area contributed by atoms with E-state index in [-0.39, 0.29) is 16.7 Å². The van der Waals surface area contributed by atoms with Gasteiger partial charge in [-0.1, -0.05) is 48.9 Å². The van der Waals surface area contributed by atoms with Crippen molar-refractivity contribution in [3.8, 4) is 5.75 Å². The van der Waals surface area contributed by atoms with E-state index in [0.717, 1.165) is 36.3 Å². The smallest absolute Gasteiger partial charge is 0.243 e. The summed E-state index contributed by atoms with van der Waals surface area (Å²) in [7, 11) is -2.24. The molecule has 39 heavy (non-hydrogen) atoms. The monoisotopic (exact) mass is 548 g/mol. The molecule has 1 aliphatic heterocycles. The first-order valence-corrected chi connectivity index (χ1v) is 15.0. The summed E-state index contributed by atoms with van der Waals surface area (Å²) < 4.78 is 36.0. The van der Waals surface area contributed by atoms with Crippen molar-refractivity contribution in [2.45, 2.75) is 37.1 Å². The number of carbonyl (C=O) groups excluding carboxylic acids is 1. The zero-order chi connectivity index (χ0) is 27.4. The van der Waals surface area contributed by atoms with Crippen molar-refractivity contribution in [3.05, 3.63) is 78.4 Å². The number of nitrogens with one attached hydrogen (secondary N) is 2. The van der Waals surface area contributed by atoms with E-state index in [1.165, 1.54) is 0 Å². The molecule has 0 bridgehead atoms. The van der Waals surface area contributed by atoms with Gasteiger partial charge in [0.15, 0.2) is 0 Å². The van der Waals surface area contributed by atoms with Crippen molar-refractivity contribution < 1.29 is 17.9 Å². The maximum absolute atomic E-state index is 13.8. The highest BCUT2D eigenvalue weighted by Crippen LogP contribution is 2.34. The second-order valence-corrected chi connectivity index (χ2v) is 11.9. The van der Waals surface area contributed by atoms with Gasteiger partial charge in [0.05, 0.1) is 18.5 Å². The van der Waals surface area contributed by atoms with Gasteiger partial charge in [-0.3, -0.25) is 4.79 Å². The van der Waals surface area contributed by atoms with Crippen LogP contribution in [0.2, 0.25) is 0 Å². The fourth-order valence-corrected chi connectivity index (χ4v) is 6.65. The number of anilines is 3. The van der Waals surface area contributed by atoms with E-state index in [0.29, 0.717) is 37.6 Å². The lowest BCUT2D eigenvalue weighted by Gasteiger charge is -2.38. The number of rotatable bonds is 9. The quantitative estimate of drug-likeness (QED) is 0.399. The summed E-state index contributed by atoms with van der Waals surface area (Å²) in [5.41, 5.74) is 3.03. The predicted octanol–water partition coefficient (Wildman–Crippen LogP) is 4.80. The molecule has 1 amide bonds. The summed E-state index contributed by atoms with van der Waals surface area (Å²) >= 11 is 0. The third kappa shape index (κ3) is 6.04. The summed E-state index contributed by atoms with van der Waals surface area (Å²) in [6.07, 6.45) is 2.81. The summed E-state index contributed by atoms with van der Waals surface area (Å²) in [5, 5.41) is 2.94. The second kappa shape index (κ2) is 11.7. The van der Waals surface area contributed by atoms with Gasteiger partial charge in [0, 0.05) is 43.8 Å². The summed E-state index contributed by atoms with van der Waals surface area (Å²) in [6, 6.07) is 22.2. The summed E-state index contributed by atoms with van der Waals surface area (Å²) in [6.45, 7) is 4.55. The zero-order valence-corrected chi connectivity index (χ0v) is 23.3. The fraction of sp³-hybridized carbons (Fsp3) is 0.367. The third-order valence-electron chi connectivity index (χ3n) is 7.67. The highest BCUT2D eigenvalue weighted by Gasteiger charge is 2.29. The van der Waals surface area contributed by atoms with Gasteiger partial charge in [0.2, 0.25) is 15.9 Å². The van der Waals surface area contributed by atoms with Crippen molar-refractivity contribution >= 4 is 33.0 Å². The standard InChI is InChI=1S/C30H36N4O4S/c1-22(23-9-4-3-5-10-23)32-39(36,37)29-21-25(31-30(35)24-11-8-12-24)15-16-27(29)34-19-17-33(18-20-34)26-13-6-7-14-28(26)38-2/h3-7,9-10,13-16,21-22,24,32H,8,11-12,17-20H2,1-2H3,(H,31,35)/t22-/m0/s1. The molecule has 1 saturated carbocycles. The Kier molecular flexibility index (Phi) is 8.09. The van der Waals surface area contributed by atoms with Crippen LogP contribution in [0.3, 0.4) is 0 Å². The predicted molar refractivity (Wildman–Crippen MR) is 155 cm³/mol. The number of piperazine rings is 1. The lowest BCUT2D eigenvalue weighted by atomic mass is 9.85. The minimum atomic E-state index is -3.91. The Labute approximate surface area is 231 Å². The molecule has 5 rings (SSSR count). The van der Waals surface area contributed by atoms with Crippen LogP contribution in [0.5, 0.6) is 5.75 Å². The van der Waals surface area contributed by atoms with Gasteiger partial charge >= 0.3 is 0 Å². The second-order valence-electron chi connectivity index (χ2n) is 10.2. The molecule has 0 radical (unpaired) electrons. The number of ether oxygens (including phenoxy) is 1. The average molecular weight is 549 g/mol.